The van der Waals surface area contributed by atoms with Crippen molar-refractivity contribution in [3.05, 3.63) is 35.4 Å². The second kappa shape index (κ2) is 8.10. The van der Waals surface area contributed by atoms with Crippen LogP contribution in [0.3, 0.4) is 0 Å². The van der Waals surface area contributed by atoms with Crippen LogP contribution in [-0.4, -0.2) is 65.7 Å². The van der Waals surface area contributed by atoms with Crippen molar-refractivity contribution < 1.29 is 9.90 Å². The quantitative estimate of drug-likeness (QED) is 0.845. The zero-order valence-corrected chi connectivity index (χ0v) is 14.6. The normalized spacial score (nSPS) is 20.7. The molecule has 1 amide bonds. The number of hydrogen-bond donors (Lipinski definition) is 2. The summed E-state index contributed by atoms with van der Waals surface area (Å²) in [6.07, 6.45) is 2.67. The molecule has 2 N–H and O–H groups in total. The van der Waals surface area contributed by atoms with Crippen molar-refractivity contribution in [1.29, 1.82) is 0 Å². The molecule has 1 aromatic carbocycles. The number of carbonyl (C=O) groups excluding carboxylic acids is 1. The van der Waals surface area contributed by atoms with Crippen molar-refractivity contribution in [2.75, 3.05) is 32.7 Å². The van der Waals surface area contributed by atoms with Crippen molar-refractivity contribution in [2.24, 2.45) is 0 Å². The molecule has 0 saturated carbocycles. The Kier molecular flexibility index (Phi) is 5.87. The molecule has 0 spiro atoms. The average molecular weight is 331 g/mol. The van der Waals surface area contributed by atoms with Gasteiger partial charge in [0.1, 0.15) is 0 Å². The van der Waals surface area contributed by atoms with Crippen molar-refractivity contribution in [3.8, 4) is 0 Å². The fourth-order valence-corrected chi connectivity index (χ4v) is 3.77. The van der Waals surface area contributed by atoms with Crippen LogP contribution in [0.25, 0.3) is 0 Å². The first kappa shape index (κ1) is 17.4. The minimum absolute atomic E-state index is 0.166. The Labute approximate surface area is 144 Å². The first-order valence-electron chi connectivity index (χ1n) is 9.08. The fraction of sp³-hybridized carbons (Fsp3) is 0.632. The molecule has 1 fully saturated rings. The number of aliphatic hydroxyl groups excluding tert-OH is 1. The molecule has 1 saturated heterocycles. The Morgan fingerprint density at radius 1 is 1.25 bits per heavy atom. The van der Waals surface area contributed by atoms with E-state index in [-0.39, 0.29) is 12.0 Å². The number of carbonyl (C=O) groups is 1. The Balaban J connectivity index is 1.38. The van der Waals surface area contributed by atoms with Gasteiger partial charge in [-0.15, -0.1) is 0 Å². The summed E-state index contributed by atoms with van der Waals surface area (Å²) in [4.78, 5) is 15.6. The van der Waals surface area contributed by atoms with Gasteiger partial charge in [-0.3, -0.25) is 9.69 Å². The van der Waals surface area contributed by atoms with Gasteiger partial charge in [0, 0.05) is 52.2 Å². The zero-order chi connectivity index (χ0) is 16.9. The first-order valence-corrected chi connectivity index (χ1v) is 9.08. The van der Waals surface area contributed by atoms with Gasteiger partial charge in [-0.1, -0.05) is 24.3 Å². The van der Waals surface area contributed by atoms with Crippen LogP contribution < -0.4 is 5.32 Å². The van der Waals surface area contributed by atoms with Crippen LogP contribution in [0, 0.1) is 0 Å². The van der Waals surface area contributed by atoms with Gasteiger partial charge in [-0.25, -0.2) is 0 Å². The molecule has 2 aliphatic rings. The maximum absolute atomic E-state index is 11.3. The largest absolute Gasteiger partial charge is 0.390 e. The Morgan fingerprint density at radius 3 is 2.67 bits per heavy atom. The molecule has 1 unspecified atom stereocenters. The van der Waals surface area contributed by atoms with E-state index in [2.05, 4.69) is 34.5 Å². The number of β-amino-alcohol motifs (C(OH)–C–C–N with tert-alkyl or cyclic N) is 1. The molecule has 5 heteroatoms. The lowest BCUT2D eigenvalue weighted by Crippen LogP contribution is -2.47. The lowest BCUT2D eigenvalue weighted by atomic mass is 9.99. The number of likely N-dealkylation sites (tertiary alicyclic amines) is 1. The molecule has 5 nitrogen and oxygen atoms in total. The molecule has 0 aliphatic carbocycles. The minimum atomic E-state index is -0.346. The third-order valence-corrected chi connectivity index (χ3v) is 5.26. The molecule has 0 bridgehead atoms. The average Bonchev–Trinajstić information content (AvgIpc) is 2.60. The van der Waals surface area contributed by atoms with E-state index in [4.69, 9.17) is 0 Å². The third kappa shape index (κ3) is 4.56. The van der Waals surface area contributed by atoms with Gasteiger partial charge in [-0.05, 0) is 30.4 Å². The molecule has 2 aliphatic heterocycles. The van der Waals surface area contributed by atoms with Crippen LogP contribution in [0.2, 0.25) is 0 Å². The number of nitrogens with one attached hydrogen (secondary N) is 1. The lowest BCUT2D eigenvalue weighted by molar-refractivity contribution is -0.129. The standard InChI is InChI=1S/C19H29N3O2/c1-15(23)22-10-7-18(8-11-22)20-12-19(24)14-21-9-6-16-4-2-3-5-17(16)13-21/h2-5,18-20,24H,6-14H2,1H3. The molecule has 2 heterocycles. The highest BCUT2D eigenvalue weighted by Crippen LogP contribution is 2.18. The highest BCUT2D eigenvalue weighted by atomic mass is 16.3. The van der Waals surface area contributed by atoms with Gasteiger partial charge in [0.15, 0.2) is 0 Å². The highest BCUT2D eigenvalue weighted by molar-refractivity contribution is 5.73. The van der Waals surface area contributed by atoms with E-state index in [0.29, 0.717) is 19.1 Å². The van der Waals surface area contributed by atoms with Crippen LogP contribution in [0.4, 0.5) is 0 Å². The molecular weight excluding hydrogens is 302 g/mol. The Bertz CT molecular complexity index is 555. The molecule has 132 valence electrons. The maximum Gasteiger partial charge on any atom is 0.219 e. The minimum Gasteiger partial charge on any atom is -0.390 e. The molecule has 0 radical (unpaired) electrons. The van der Waals surface area contributed by atoms with Crippen molar-refractivity contribution in [3.63, 3.8) is 0 Å². The second-order valence-electron chi connectivity index (χ2n) is 7.10. The van der Waals surface area contributed by atoms with Gasteiger partial charge in [-0.2, -0.15) is 0 Å². The number of benzene rings is 1. The number of hydrogen-bond acceptors (Lipinski definition) is 4. The number of aliphatic hydroxyl groups is 1. The van der Waals surface area contributed by atoms with Gasteiger partial charge < -0.3 is 15.3 Å². The van der Waals surface area contributed by atoms with E-state index >= 15 is 0 Å². The SMILES string of the molecule is CC(=O)N1CCC(NCC(O)CN2CCc3ccccc3C2)CC1. The summed E-state index contributed by atoms with van der Waals surface area (Å²) in [7, 11) is 0. The van der Waals surface area contributed by atoms with E-state index in [1.165, 1.54) is 11.1 Å². The molecule has 1 atom stereocenters. The number of rotatable bonds is 5. The van der Waals surface area contributed by atoms with E-state index in [1.807, 2.05) is 4.90 Å². The monoisotopic (exact) mass is 331 g/mol. The molecule has 1 aromatic rings. The van der Waals surface area contributed by atoms with Crippen LogP contribution in [0.15, 0.2) is 24.3 Å². The van der Waals surface area contributed by atoms with Crippen molar-refractivity contribution in [2.45, 2.75) is 44.9 Å². The summed E-state index contributed by atoms with van der Waals surface area (Å²) >= 11 is 0. The predicted molar refractivity (Wildman–Crippen MR) is 94.7 cm³/mol. The molecular formula is C19H29N3O2. The number of fused-ring (bicyclic) bond motifs is 1. The van der Waals surface area contributed by atoms with Gasteiger partial charge in [0.25, 0.3) is 0 Å². The van der Waals surface area contributed by atoms with Crippen LogP contribution in [-0.2, 0) is 17.8 Å². The van der Waals surface area contributed by atoms with Crippen LogP contribution in [0.1, 0.15) is 30.9 Å². The topological polar surface area (TPSA) is 55.8 Å². The summed E-state index contributed by atoms with van der Waals surface area (Å²) in [5.41, 5.74) is 2.83. The van der Waals surface area contributed by atoms with Crippen molar-refractivity contribution in [1.82, 2.24) is 15.1 Å². The van der Waals surface area contributed by atoms with E-state index in [9.17, 15) is 9.90 Å². The first-order chi connectivity index (χ1) is 11.6. The Morgan fingerprint density at radius 2 is 1.96 bits per heavy atom. The van der Waals surface area contributed by atoms with E-state index in [0.717, 1.165) is 45.4 Å². The molecule has 3 rings (SSSR count). The van der Waals surface area contributed by atoms with Gasteiger partial charge >= 0.3 is 0 Å². The second-order valence-corrected chi connectivity index (χ2v) is 7.10. The van der Waals surface area contributed by atoms with Crippen LogP contribution >= 0.6 is 0 Å². The highest BCUT2D eigenvalue weighted by Gasteiger charge is 2.22. The summed E-state index contributed by atoms with van der Waals surface area (Å²) in [5.74, 6) is 0.166. The number of amides is 1. The van der Waals surface area contributed by atoms with Gasteiger partial charge in [0.05, 0.1) is 6.10 Å². The molecule has 0 aromatic heterocycles. The summed E-state index contributed by atoms with van der Waals surface area (Å²) in [5, 5.41) is 13.8. The fourth-order valence-electron chi connectivity index (χ4n) is 3.77. The number of piperidine rings is 1. The van der Waals surface area contributed by atoms with Crippen LogP contribution in [0.5, 0.6) is 0 Å². The van der Waals surface area contributed by atoms with E-state index in [1.54, 1.807) is 6.92 Å². The summed E-state index contributed by atoms with van der Waals surface area (Å²) in [6, 6.07) is 9.00. The maximum atomic E-state index is 11.3. The molecule has 24 heavy (non-hydrogen) atoms. The Hall–Kier alpha value is -1.43. The zero-order valence-electron chi connectivity index (χ0n) is 14.6. The lowest BCUT2D eigenvalue weighted by Gasteiger charge is -2.33. The third-order valence-electron chi connectivity index (χ3n) is 5.26. The van der Waals surface area contributed by atoms with E-state index < -0.39 is 0 Å². The number of nitrogens with zero attached hydrogens (tertiary/aromatic N) is 2. The summed E-state index contributed by atoms with van der Waals surface area (Å²) < 4.78 is 0. The summed E-state index contributed by atoms with van der Waals surface area (Å²) in [6.45, 7) is 6.58. The smallest absolute Gasteiger partial charge is 0.219 e. The predicted octanol–water partition coefficient (Wildman–Crippen LogP) is 1.01. The van der Waals surface area contributed by atoms with Gasteiger partial charge in [0.2, 0.25) is 5.91 Å². The van der Waals surface area contributed by atoms with Crippen molar-refractivity contribution >= 4 is 5.91 Å².